The molecule has 1 fully saturated rings. The second-order valence-electron chi connectivity index (χ2n) is 4.71. The summed E-state index contributed by atoms with van der Waals surface area (Å²) in [6.45, 7) is 7.62. The maximum atomic E-state index is 6.11. The average Bonchev–Trinajstić information content (AvgIpc) is 2.40. The summed E-state index contributed by atoms with van der Waals surface area (Å²) < 4.78 is 0. The van der Waals surface area contributed by atoms with E-state index in [4.69, 9.17) is 11.6 Å². The zero-order valence-corrected chi connectivity index (χ0v) is 12.5. The molecule has 1 aliphatic heterocycles. The normalized spacial score (nSPS) is 17.0. The Morgan fingerprint density at radius 2 is 2.11 bits per heavy atom. The van der Waals surface area contributed by atoms with Crippen LogP contribution in [-0.4, -0.2) is 42.6 Å². The molecule has 0 unspecified atom stereocenters. The Hall–Kier alpha value is -0.220. The lowest BCUT2D eigenvalue weighted by molar-refractivity contribution is 0.301. The summed E-state index contributed by atoms with van der Waals surface area (Å²) in [5.41, 5.74) is 2.41. The quantitative estimate of drug-likeness (QED) is 0.837. The molecule has 1 saturated heterocycles. The number of nitrogens with one attached hydrogen (secondary N) is 1. The Bertz CT molecular complexity index is 378. The molecule has 1 aromatic rings. The molecule has 0 spiro atoms. The largest absolute Gasteiger partial charge is 0.311 e. The molecule has 100 valence electrons. The van der Waals surface area contributed by atoms with Gasteiger partial charge in [0.1, 0.15) is 0 Å². The molecule has 2 nitrogen and oxygen atoms in total. The topological polar surface area (TPSA) is 15.3 Å². The van der Waals surface area contributed by atoms with E-state index in [-0.39, 0.29) is 0 Å². The third kappa shape index (κ3) is 4.47. The molecule has 18 heavy (non-hydrogen) atoms. The van der Waals surface area contributed by atoms with Crippen LogP contribution in [0.3, 0.4) is 0 Å². The van der Waals surface area contributed by atoms with Gasteiger partial charge in [-0.25, -0.2) is 0 Å². The molecule has 1 aliphatic rings. The number of aryl methyl sites for hydroxylation is 1. The van der Waals surface area contributed by atoms with Crippen molar-refractivity contribution in [2.45, 2.75) is 13.5 Å². The molecular weight excluding hydrogens is 264 g/mol. The highest BCUT2D eigenvalue weighted by Gasteiger charge is 2.08. The lowest BCUT2D eigenvalue weighted by Gasteiger charge is -2.26. The number of thioether (sulfide) groups is 1. The Kier molecular flexibility index (Phi) is 5.83. The summed E-state index contributed by atoms with van der Waals surface area (Å²) in [6.07, 6.45) is 0. The smallest absolute Gasteiger partial charge is 0.0438 e. The Balaban J connectivity index is 1.66. The third-order valence-electron chi connectivity index (χ3n) is 3.27. The zero-order chi connectivity index (χ0) is 12.8. The standard InChI is InChI=1S/C14H21ClN2S/c1-12-2-3-13(10-14(12)15)11-16-4-5-17-6-8-18-9-7-17/h2-3,10,16H,4-9,11H2,1H3. The fourth-order valence-corrected chi connectivity index (χ4v) is 3.22. The lowest BCUT2D eigenvalue weighted by Crippen LogP contribution is -2.37. The summed E-state index contributed by atoms with van der Waals surface area (Å²) >= 11 is 8.17. The highest BCUT2D eigenvalue weighted by molar-refractivity contribution is 7.99. The van der Waals surface area contributed by atoms with Crippen LogP contribution in [0.15, 0.2) is 18.2 Å². The van der Waals surface area contributed by atoms with Crippen molar-refractivity contribution in [2.24, 2.45) is 0 Å². The van der Waals surface area contributed by atoms with Crippen LogP contribution in [0.4, 0.5) is 0 Å². The zero-order valence-electron chi connectivity index (χ0n) is 10.9. The van der Waals surface area contributed by atoms with Crippen molar-refractivity contribution >= 4 is 23.4 Å². The van der Waals surface area contributed by atoms with Crippen molar-refractivity contribution in [3.63, 3.8) is 0 Å². The third-order valence-corrected chi connectivity index (χ3v) is 4.62. The predicted molar refractivity (Wildman–Crippen MR) is 81.7 cm³/mol. The van der Waals surface area contributed by atoms with Crippen molar-refractivity contribution in [3.05, 3.63) is 34.3 Å². The van der Waals surface area contributed by atoms with Crippen LogP contribution in [0.1, 0.15) is 11.1 Å². The molecule has 0 bridgehead atoms. The van der Waals surface area contributed by atoms with Gasteiger partial charge in [0, 0.05) is 49.3 Å². The second-order valence-corrected chi connectivity index (χ2v) is 6.35. The number of benzene rings is 1. The van der Waals surface area contributed by atoms with Gasteiger partial charge in [-0.05, 0) is 24.1 Å². The van der Waals surface area contributed by atoms with Gasteiger partial charge in [-0.2, -0.15) is 11.8 Å². The van der Waals surface area contributed by atoms with E-state index in [1.165, 1.54) is 30.2 Å². The van der Waals surface area contributed by atoms with E-state index in [0.717, 1.165) is 30.2 Å². The minimum Gasteiger partial charge on any atom is -0.311 e. The van der Waals surface area contributed by atoms with Gasteiger partial charge in [-0.3, -0.25) is 0 Å². The number of nitrogens with zero attached hydrogens (tertiary/aromatic N) is 1. The predicted octanol–water partition coefficient (Wildman–Crippen LogP) is 2.79. The molecule has 4 heteroatoms. The first kappa shape index (κ1) is 14.2. The van der Waals surface area contributed by atoms with Crippen molar-refractivity contribution in [2.75, 3.05) is 37.7 Å². The van der Waals surface area contributed by atoms with E-state index in [0.29, 0.717) is 0 Å². The summed E-state index contributed by atoms with van der Waals surface area (Å²) in [4.78, 5) is 2.53. The van der Waals surface area contributed by atoms with E-state index in [1.54, 1.807) is 0 Å². The van der Waals surface area contributed by atoms with Crippen molar-refractivity contribution < 1.29 is 0 Å². The van der Waals surface area contributed by atoms with E-state index >= 15 is 0 Å². The van der Waals surface area contributed by atoms with Crippen LogP contribution in [-0.2, 0) is 6.54 Å². The molecule has 1 N–H and O–H groups in total. The molecule has 0 saturated carbocycles. The molecule has 0 amide bonds. The molecule has 0 radical (unpaired) electrons. The van der Waals surface area contributed by atoms with Gasteiger partial charge in [0.15, 0.2) is 0 Å². The van der Waals surface area contributed by atoms with Crippen LogP contribution in [0.5, 0.6) is 0 Å². The van der Waals surface area contributed by atoms with E-state index in [1.807, 2.05) is 6.92 Å². The van der Waals surface area contributed by atoms with Crippen LogP contribution < -0.4 is 5.32 Å². The number of rotatable bonds is 5. The summed E-state index contributed by atoms with van der Waals surface area (Å²) in [5, 5.41) is 4.35. The van der Waals surface area contributed by atoms with Crippen molar-refractivity contribution in [1.29, 1.82) is 0 Å². The SMILES string of the molecule is Cc1ccc(CNCCN2CCSCC2)cc1Cl. The van der Waals surface area contributed by atoms with E-state index < -0.39 is 0 Å². The molecule has 0 aromatic heterocycles. The Labute approximate surface area is 119 Å². The van der Waals surface area contributed by atoms with Gasteiger partial charge >= 0.3 is 0 Å². The number of hydrogen-bond donors (Lipinski definition) is 1. The van der Waals surface area contributed by atoms with Gasteiger partial charge in [0.05, 0.1) is 0 Å². The van der Waals surface area contributed by atoms with Crippen LogP contribution in [0.25, 0.3) is 0 Å². The van der Waals surface area contributed by atoms with Crippen LogP contribution in [0, 0.1) is 6.92 Å². The fraction of sp³-hybridized carbons (Fsp3) is 0.571. The molecule has 0 atom stereocenters. The Morgan fingerprint density at radius 3 is 2.83 bits per heavy atom. The van der Waals surface area contributed by atoms with Crippen LogP contribution in [0.2, 0.25) is 5.02 Å². The maximum Gasteiger partial charge on any atom is 0.0438 e. The first-order valence-corrected chi connectivity index (χ1v) is 8.05. The fourth-order valence-electron chi connectivity index (χ4n) is 2.04. The maximum absolute atomic E-state index is 6.11. The van der Waals surface area contributed by atoms with Crippen LogP contribution >= 0.6 is 23.4 Å². The van der Waals surface area contributed by atoms with E-state index in [9.17, 15) is 0 Å². The Morgan fingerprint density at radius 1 is 1.33 bits per heavy atom. The first-order chi connectivity index (χ1) is 8.75. The van der Waals surface area contributed by atoms with Crippen molar-refractivity contribution in [3.8, 4) is 0 Å². The highest BCUT2D eigenvalue weighted by Crippen LogP contribution is 2.16. The molecule has 1 aromatic carbocycles. The van der Waals surface area contributed by atoms with Gasteiger partial charge in [-0.15, -0.1) is 0 Å². The molecule has 1 heterocycles. The van der Waals surface area contributed by atoms with Gasteiger partial charge < -0.3 is 10.2 Å². The summed E-state index contributed by atoms with van der Waals surface area (Å²) in [6, 6.07) is 6.29. The van der Waals surface area contributed by atoms with E-state index in [2.05, 4.69) is 40.2 Å². The van der Waals surface area contributed by atoms with Gasteiger partial charge in [0.25, 0.3) is 0 Å². The summed E-state index contributed by atoms with van der Waals surface area (Å²) in [5.74, 6) is 2.57. The molecule has 0 aliphatic carbocycles. The molecular formula is C14H21ClN2S. The molecule has 2 rings (SSSR count). The summed E-state index contributed by atoms with van der Waals surface area (Å²) in [7, 11) is 0. The monoisotopic (exact) mass is 284 g/mol. The average molecular weight is 285 g/mol. The second kappa shape index (κ2) is 7.39. The number of halogens is 1. The lowest BCUT2D eigenvalue weighted by atomic mass is 10.1. The number of hydrogen-bond acceptors (Lipinski definition) is 3. The highest BCUT2D eigenvalue weighted by atomic mass is 35.5. The minimum atomic E-state index is 0.863. The van der Waals surface area contributed by atoms with Gasteiger partial charge in [-0.1, -0.05) is 23.7 Å². The first-order valence-electron chi connectivity index (χ1n) is 6.51. The minimum absolute atomic E-state index is 0.863. The van der Waals surface area contributed by atoms with Gasteiger partial charge in [0.2, 0.25) is 0 Å². The van der Waals surface area contributed by atoms with Crippen molar-refractivity contribution in [1.82, 2.24) is 10.2 Å².